The van der Waals surface area contributed by atoms with E-state index in [1.807, 2.05) is 6.07 Å². The molecule has 0 aromatic carbocycles. The summed E-state index contributed by atoms with van der Waals surface area (Å²) in [7, 11) is 0. The number of halogens is 2. The summed E-state index contributed by atoms with van der Waals surface area (Å²) in [6.45, 7) is 2.69. The molecule has 1 aromatic rings. The number of rotatable bonds is 3. The van der Waals surface area contributed by atoms with Gasteiger partial charge in [-0.1, -0.05) is 19.8 Å². The van der Waals surface area contributed by atoms with E-state index in [0.717, 1.165) is 26.8 Å². The molecule has 1 aliphatic rings. The van der Waals surface area contributed by atoms with Crippen molar-refractivity contribution in [2.75, 3.05) is 6.54 Å². The van der Waals surface area contributed by atoms with Crippen molar-refractivity contribution in [3.05, 3.63) is 19.2 Å². The van der Waals surface area contributed by atoms with Crippen LogP contribution in [0.1, 0.15) is 43.0 Å². The van der Waals surface area contributed by atoms with Crippen molar-refractivity contribution in [3.8, 4) is 0 Å². The van der Waals surface area contributed by atoms with Crippen LogP contribution in [0, 0.1) is 5.92 Å². The molecule has 0 radical (unpaired) electrons. The highest BCUT2D eigenvalue weighted by Crippen LogP contribution is 2.35. The fourth-order valence-electron chi connectivity index (χ4n) is 2.74. The van der Waals surface area contributed by atoms with E-state index in [-0.39, 0.29) is 11.4 Å². The summed E-state index contributed by atoms with van der Waals surface area (Å²) in [6.07, 6.45) is 4.47. The lowest BCUT2D eigenvalue weighted by atomic mass is 9.73. The molecule has 1 fully saturated rings. The first kappa shape index (κ1) is 15.5. The van der Waals surface area contributed by atoms with Gasteiger partial charge >= 0.3 is 0 Å². The topological polar surface area (TPSA) is 55.1 Å². The van der Waals surface area contributed by atoms with Crippen LogP contribution >= 0.6 is 43.2 Å². The predicted molar refractivity (Wildman–Crippen MR) is 86.6 cm³/mol. The standard InChI is InChI=1S/C13H18Br2N2OS/c1-8-4-2-3-5-13(8,7-16)17-12(18)9-6-10(14)19-11(9)15/h6,8H,2-5,7,16H2,1H3,(H,17,18). The first-order chi connectivity index (χ1) is 8.98. The minimum atomic E-state index is -0.247. The maximum absolute atomic E-state index is 12.4. The molecule has 1 aliphatic carbocycles. The van der Waals surface area contributed by atoms with Gasteiger partial charge in [0, 0.05) is 6.54 Å². The summed E-state index contributed by atoms with van der Waals surface area (Å²) < 4.78 is 1.80. The van der Waals surface area contributed by atoms with E-state index in [9.17, 15) is 4.79 Å². The van der Waals surface area contributed by atoms with Gasteiger partial charge in [-0.3, -0.25) is 4.79 Å². The largest absolute Gasteiger partial charge is 0.345 e. The van der Waals surface area contributed by atoms with Crippen molar-refractivity contribution in [2.24, 2.45) is 11.7 Å². The smallest absolute Gasteiger partial charge is 0.253 e. The molecule has 106 valence electrons. The molecule has 1 amide bonds. The minimum absolute atomic E-state index is 0.0342. The maximum atomic E-state index is 12.4. The van der Waals surface area contributed by atoms with Crippen LogP contribution in [0.2, 0.25) is 0 Å². The van der Waals surface area contributed by atoms with Crippen molar-refractivity contribution >= 4 is 49.1 Å². The Kier molecular flexibility index (Phi) is 5.09. The SMILES string of the molecule is CC1CCCCC1(CN)NC(=O)c1cc(Br)sc1Br. The Hall–Kier alpha value is 0.0900. The minimum Gasteiger partial charge on any atom is -0.345 e. The Morgan fingerprint density at radius 2 is 2.32 bits per heavy atom. The van der Waals surface area contributed by atoms with Crippen LogP contribution < -0.4 is 11.1 Å². The summed E-state index contributed by atoms with van der Waals surface area (Å²) in [5, 5.41) is 3.19. The van der Waals surface area contributed by atoms with Gasteiger partial charge in [-0.05, 0) is 56.7 Å². The van der Waals surface area contributed by atoms with Crippen molar-refractivity contribution in [3.63, 3.8) is 0 Å². The number of carbonyl (C=O) groups is 1. The lowest BCUT2D eigenvalue weighted by Gasteiger charge is -2.42. The van der Waals surface area contributed by atoms with Gasteiger partial charge in [0.15, 0.2) is 0 Å². The number of amides is 1. The summed E-state index contributed by atoms with van der Waals surface area (Å²) in [4.78, 5) is 12.4. The summed E-state index contributed by atoms with van der Waals surface area (Å²) >= 11 is 8.34. The van der Waals surface area contributed by atoms with Gasteiger partial charge in [0.2, 0.25) is 0 Å². The van der Waals surface area contributed by atoms with E-state index < -0.39 is 0 Å². The number of thiophene rings is 1. The fraction of sp³-hybridized carbons (Fsp3) is 0.615. The molecule has 1 heterocycles. The van der Waals surface area contributed by atoms with E-state index in [0.29, 0.717) is 18.0 Å². The van der Waals surface area contributed by atoms with E-state index >= 15 is 0 Å². The molecule has 0 aliphatic heterocycles. The van der Waals surface area contributed by atoms with Crippen molar-refractivity contribution in [1.82, 2.24) is 5.32 Å². The van der Waals surface area contributed by atoms with Gasteiger partial charge in [-0.2, -0.15) is 0 Å². The van der Waals surface area contributed by atoms with Gasteiger partial charge in [0.25, 0.3) is 5.91 Å². The van der Waals surface area contributed by atoms with Gasteiger partial charge in [-0.25, -0.2) is 0 Å². The van der Waals surface area contributed by atoms with E-state index in [1.54, 1.807) is 0 Å². The third-order valence-corrected chi connectivity index (χ3v) is 6.42. The molecule has 2 atom stereocenters. The summed E-state index contributed by atoms with van der Waals surface area (Å²) in [6, 6.07) is 1.85. The van der Waals surface area contributed by atoms with Crippen LogP contribution in [0.3, 0.4) is 0 Å². The van der Waals surface area contributed by atoms with Gasteiger partial charge < -0.3 is 11.1 Å². The van der Waals surface area contributed by atoms with Crippen LogP contribution in [-0.2, 0) is 0 Å². The first-order valence-corrected chi connectivity index (χ1v) is 8.86. The molecule has 0 bridgehead atoms. The summed E-state index contributed by atoms with van der Waals surface area (Å²) in [5.41, 5.74) is 6.40. The second-order valence-electron chi connectivity index (χ2n) is 5.20. The van der Waals surface area contributed by atoms with Crippen LogP contribution in [-0.4, -0.2) is 18.0 Å². The first-order valence-electron chi connectivity index (χ1n) is 6.46. The van der Waals surface area contributed by atoms with Crippen LogP contribution in [0.4, 0.5) is 0 Å². The number of carbonyl (C=O) groups excluding carboxylic acids is 1. The van der Waals surface area contributed by atoms with Gasteiger partial charge in [0.05, 0.1) is 18.7 Å². The Bertz CT molecular complexity index is 477. The number of nitrogens with one attached hydrogen (secondary N) is 1. The molecule has 1 aromatic heterocycles. The van der Waals surface area contributed by atoms with E-state index in [1.165, 1.54) is 17.8 Å². The molecule has 2 rings (SSSR count). The van der Waals surface area contributed by atoms with Crippen LogP contribution in [0.5, 0.6) is 0 Å². The van der Waals surface area contributed by atoms with Crippen molar-refractivity contribution in [2.45, 2.75) is 38.1 Å². The molecular formula is C13H18Br2N2OS. The molecule has 3 N–H and O–H groups in total. The van der Waals surface area contributed by atoms with Gasteiger partial charge in [-0.15, -0.1) is 11.3 Å². The highest BCUT2D eigenvalue weighted by molar-refractivity contribution is 9.12. The number of nitrogens with two attached hydrogens (primary N) is 1. The van der Waals surface area contributed by atoms with E-state index in [2.05, 4.69) is 44.1 Å². The lowest BCUT2D eigenvalue weighted by Crippen LogP contribution is -2.59. The quantitative estimate of drug-likeness (QED) is 0.794. The summed E-state index contributed by atoms with van der Waals surface area (Å²) in [5.74, 6) is 0.393. The number of hydrogen-bond donors (Lipinski definition) is 2. The average molecular weight is 410 g/mol. The third kappa shape index (κ3) is 3.23. The normalized spacial score (nSPS) is 27.3. The Morgan fingerprint density at radius 3 is 2.84 bits per heavy atom. The second-order valence-corrected chi connectivity index (χ2v) is 8.95. The molecule has 3 nitrogen and oxygen atoms in total. The molecule has 1 saturated carbocycles. The molecule has 19 heavy (non-hydrogen) atoms. The molecule has 2 unspecified atom stereocenters. The average Bonchev–Trinajstić information content (AvgIpc) is 2.71. The van der Waals surface area contributed by atoms with Crippen LogP contribution in [0.15, 0.2) is 13.6 Å². The lowest BCUT2D eigenvalue weighted by molar-refractivity contribution is 0.0812. The maximum Gasteiger partial charge on any atom is 0.253 e. The Balaban J connectivity index is 2.18. The highest BCUT2D eigenvalue weighted by atomic mass is 79.9. The third-order valence-electron chi connectivity index (χ3n) is 4.08. The monoisotopic (exact) mass is 408 g/mol. The second kappa shape index (κ2) is 6.24. The highest BCUT2D eigenvalue weighted by Gasteiger charge is 2.38. The van der Waals surface area contributed by atoms with E-state index in [4.69, 9.17) is 5.73 Å². The fourth-order valence-corrected chi connectivity index (χ4v) is 5.54. The predicted octanol–water partition coefficient (Wildman–Crippen LogP) is 3.91. The Morgan fingerprint density at radius 1 is 1.58 bits per heavy atom. The van der Waals surface area contributed by atoms with Crippen molar-refractivity contribution in [1.29, 1.82) is 0 Å². The molecule has 0 saturated heterocycles. The number of hydrogen-bond acceptors (Lipinski definition) is 3. The molecule has 6 heteroatoms. The van der Waals surface area contributed by atoms with Crippen LogP contribution in [0.25, 0.3) is 0 Å². The zero-order valence-corrected chi connectivity index (χ0v) is 14.8. The zero-order chi connectivity index (χ0) is 14.0. The molecular weight excluding hydrogens is 392 g/mol. The van der Waals surface area contributed by atoms with Gasteiger partial charge in [0.1, 0.15) is 0 Å². The Labute approximate surface area is 134 Å². The zero-order valence-electron chi connectivity index (χ0n) is 10.8. The molecule has 0 spiro atoms. The van der Waals surface area contributed by atoms with Crippen molar-refractivity contribution < 1.29 is 4.79 Å².